The van der Waals surface area contributed by atoms with Gasteiger partial charge in [0.05, 0.1) is 4.92 Å². The average molecular weight is 262 g/mol. The average Bonchev–Trinajstić information content (AvgIpc) is 2.26. The van der Waals surface area contributed by atoms with E-state index in [1.54, 1.807) is 23.9 Å². The summed E-state index contributed by atoms with van der Waals surface area (Å²) in [6, 6.07) is 4.69. The van der Waals surface area contributed by atoms with Crippen LogP contribution in [-0.2, 0) is 5.75 Å². The number of benzene rings is 1. The monoisotopic (exact) mass is 261 g/mol. The molecule has 0 aromatic heterocycles. The van der Waals surface area contributed by atoms with E-state index < -0.39 is 4.92 Å². The zero-order valence-electron chi connectivity index (χ0n) is 8.56. The Labute approximate surface area is 103 Å². The molecule has 0 bridgehead atoms. The molecule has 0 aliphatic rings. The summed E-state index contributed by atoms with van der Waals surface area (Å²) < 4.78 is 0. The van der Waals surface area contributed by atoms with Gasteiger partial charge < -0.3 is 5.11 Å². The lowest BCUT2D eigenvalue weighted by Crippen LogP contribution is -1.95. The summed E-state index contributed by atoms with van der Waals surface area (Å²) in [5.41, 5.74) is 0.723. The first-order chi connectivity index (χ1) is 7.65. The lowest BCUT2D eigenvalue weighted by atomic mass is 10.2. The molecule has 1 aromatic rings. The number of thioether (sulfide) groups is 1. The van der Waals surface area contributed by atoms with Gasteiger partial charge in [-0.05, 0) is 24.3 Å². The molecule has 0 heterocycles. The first-order valence-electron chi connectivity index (χ1n) is 4.76. The molecular formula is C10H12ClNO3S. The number of nitrogens with zero attached hydrogens (tertiary/aromatic N) is 1. The summed E-state index contributed by atoms with van der Waals surface area (Å²) in [7, 11) is 0. The van der Waals surface area contributed by atoms with Crippen molar-refractivity contribution in [2.75, 3.05) is 12.4 Å². The van der Waals surface area contributed by atoms with Gasteiger partial charge in [-0.3, -0.25) is 10.1 Å². The number of aliphatic hydroxyl groups is 1. The van der Waals surface area contributed by atoms with Crippen LogP contribution in [0, 0.1) is 10.1 Å². The number of hydrogen-bond donors (Lipinski definition) is 1. The summed E-state index contributed by atoms with van der Waals surface area (Å²) in [6.07, 6.45) is 0.700. The smallest absolute Gasteiger partial charge is 0.274 e. The maximum atomic E-state index is 10.8. The molecule has 0 fully saturated rings. The van der Waals surface area contributed by atoms with Gasteiger partial charge in [-0.1, -0.05) is 11.6 Å². The van der Waals surface area contributed by atoms with Crippen molar-refractivity contribution in [2.45, 2.75) is 12.2 Å². The minimum absolute atomic E-state index is 0.0593. The Morgan fingerprint density at radius 2 is 2.25 bits per heavy atom. The molecule has 4 nitrogen and oxygen atoms in total. The normalized spacial score (nSPS) is 10.4. The van der Waals surface area contributed by atoms with Crippen LogP contribution in [0.2, 0.25) is 5.02 Å². The van der Waals surface area contributed by atoms with Crippen molar-refractivity contribution in [3.8, 4) is 0 Å². The van der Waals surface area contributed by atoms with Crippen LogP contribution in [0.4, 0.5) is 5.69 Å². The first-order valence-corrected chi connectivity index (χ1v) is 6.30. The second-order valence-electron chi connectivity index (χ2n) is 3.16. The minimum Gasteiger partial charge on any atom is -0.396 e. The summed E-state index contributed by atoms with van der Waals surface area (Å²) in [5.74, 6) is 1.35. The molecule has 0 unspecified atom stereocenters. The van der Waals surface area contributed by atoms with Gasteiger partial charge in [0, 0.05) is 29.0 Å². The van der Waals surface area contributed by atoms with Gasteiger partial charge >= 0.3 is 0 Å². The lowest BCUT2D eigenvalue weighted by Gasteiger charge is -2.03. The van der Waals surface area contributed by atoms with Gasteiger partial charge in [0.1, 0.15) is 0 Å². The van der Waals surface area contributed by atoms with Crippen LogP contribution in [0.25, 0.3) is 0 Å². The van der Waals surface area contributed by atoms with Gasteiger partial charge in [-0.2, -0.15) is 11.8 Å². The first kappa shape index (κ1) is 13.3. The van der Waals surface area contributed by atoms with E-state index in [0.717, 1.165) is 5.75 Å². The second kappa shape index (κ2) is 6.73. The second-order valence-corrected chi connectivity index (χ2v) is 4.70. The number of rotatable bonds is 6. The lowest BCUT2D eigenvalue weighted by molar-refractivity contribution is -0.385. The van der Waals surface area contributed by atoms with Crippen LogP contribution in [0.15, 0.2) is 18.2 Å². The highest BCUT2D eigenvalue weighted by Crippen LogP contribution is 2.26. The van der Waals surface area contributed by atoms with Crippen LogP contribution in [0.5, 0.6) is 0 Å². The van der Waals surface area contributed by atoms with E-state index in [9.17, 15) is 10.1 Å². The van der Waals surface area contributed by atoms with Gasteiger partial charge in [-0.15, -0.1) is 0 Å². The van der Waals surface area contributed by atoms with Gasteiger partial charge in [-0.25, -0.2) is 0 Å². The SMILES string of the molecule is O=[N+]([O-])c1cc(Cl)ccc1CSCCCO. The van der Waals surface area contributed by atoms with Crippen molar-refractivity contribution in [3.05, 3.63) is 38.9 Å². The highest BCUT2D eigenvalue weighted by molar-refractivity contribution is 7.98. The summed E-state index contributed by atoms with van der Waals surface area (Å²) in [4.78, 5) is 10.3. The maximum absolute atomic E-state index is 10.8. The summed E-state index contributed by atoms with van der Waals surface area (Å²) in [6.45, 7) is 0.149. The number of nitro benzene ring substituents is 1. The quantitative estimate of drug-likeness (QED) is 0.486. The van der Waals surface area contributed by atoms with Crippen LogP contribution in [0.1, 0.15) is 12.0 Å². The number of aliphatic hydroxyl groups excluding tert-OH is 1. The molecule has 16 heavy (non-hydrogen) atoms. The van der Waals surface area contributed by atoms with Crippen LogP contribution in [0.3, 0.4) is 0 Å². The highest BCUT2D eigenvalue weighted by Gasteiger charge is 2.13. The molecule has 0 amide bonds. The molecule has 1 N–H and O–H groups in total. The number of hydrogen-bond acceptors (Lipinski definition) is 4. The molecule has 0 saturated heterocycles. The Hall–Kier alpha value is -0.780. The zero-order chi connectivity index (χ0) is 12.0. The van der Waals surface area contributed by atoms with Crippen molar-refractivity contribution >= 4 is 29.1 Å². The number of halogens is 1. The van der Waals surface area contributed by atoms with Crippen molar-refractivity contribution in [3.63, 3.8) is 0 Å². The Morgan fingerprint density at radius 3 is 2.88 bits per heavy atom. The van der Waals surface area contributed by atoms with E-state index in [0.29, 0.717) is 22.8 Å². The van der Waals surface area contributed by atoms with Crippen LogP contribution in [-0.4, -0.2) is 22.4 Å². The third-order valence-corrected chi connectivity index (χ3v) is 3.28. The Bertz CT molecular complexity index is 373. The third kappa shape index (κ3) is 4.00. The summed E-state index contributed by atoms with van der Waals surface area (Å²) in [5, 5.41) is 19.7. The molecule has 0 atom stereocenters. The molecule has 6 heteroatoms. The third-order valence-electron chi connectivity index (χ3n) is 1.95. The van der Waals surface area contributed by atoms with E-state index in [-0.39, 0.29) is 12.3 Å². The van der Waals surface area contributed by atoms with Crippen molar-refractivity contribution in [1.82, 2.24) is 0 Å². The molecule has 0 saturated carbocycles. The van der Waals surface area contributed by atoms with E-state index in [1.165, 1.54) is 6.07 Å². The van der Waals surface area contributed by atoms with Crippen LogP contribution < -0.4 is 0 Å². The predicted molar refractivity (Wildman–Crippen MR) is 66.0 cm³/mol. The van der Waals surface area contributed by atoms with Crippen molar-refractivity contribution in [1.29, 1.82) is 0 Å². The van der Waals surface area contributed by atoms with Gasteiger partial charge in [0.15, 0.2) is 0 Å². The Morgan fingerprint density at radius 1 is 1.50 bits per heavy atom. The maximum Gasteiger partial charge on any atom is 0.274 e. The molecule has 1 aromatic carbocycles. The van der Waals surface area contributed by atoms with Gasteiger partial charge in [0.2, 0.25) is 0 Å². The zero-order valence-corrected chi connectivity index (χ0v) is 10.1. The molecular weight excluding hydrogens is 250 g/mol. The Balaban J connectivity index is 2.67. The molecule has 0 aliphatic carbocycles. The molecule has 0 aliphatic heterocycles. The fourth-order valence-electron chi connectivity index (χ4n) is 1.18. The van der Waals surface area contributed by atoms with E-state index in [1.807, 2.05) is 0 Å². The fourth-order valence-corrected chi connectivity index (χ4v) is 2.29. The standard InChI is InChI=1S/C10H12ClNO3S/c11-9-3-2-8(7-16-5-1-4-13)10(6-9)12(14)15/h2-3,6,13H,1,4-5,7H2. The number of nitro groups is 1. The molecule has 0 radical (unpaired) electrons. The van der Waals surface area contributed by atoms with E-state index in [4.69, 9.17) is 16.7 Å². The van der Waals surface area contributed by atoms with E-state index in [2.05, 4.69) is 0 Å². The summed E-state index contributed by atoms with van der Waals surface area (Å²) >= 11 is 7.26. The van der Waals surface area contributed by atoms with Crippen molar-refractivity contribution < 1.29 is 10.0 Å². The van der Waals surface area contributed by atoms with E-state index >= 15 is 0 Å². The van der Waals surface area contributed by atoms with Crippen LogP contribution >= 0.6 is 23.4 Å². The largest absolute Gasteiger partial charge is 0.396 e. The van der Waals surface area contributed by atoms with Crippen molar-refractivity contribution in [2.24, 2.45) is 0 Å². The fraction of sp³-hybridized carbons (Fsp3) is 0.400. The highest BCUT2D eigenvalue weighted by atomic mass is 35.5. The Kier molecular flexibility index (Phi) is 5.59. The molecule has 1 rings (SSSR count). The van der Waals surface area contributed by atoms with Gasteiger partial charge in [0.25, 0.3) is 5.69 Å². The molecule has 88 valence electrons. The minimum atomic E-state index is -0.423. The molecule has 0 spiro atoms. The topological polar surface area (TPSA) is 63.4 Å². The predicted octanol–water partition coefficient (Wildman–Crippen LogP) is 2.86.